The van der Waals surface area contributed by atoms with Crippen LogP contribution in [-0.4, -0.2) is 29.0 Å². The summed E-state index contributed by atoms with van der Waals surface area (Å²) in [6.07, 6.45) is 0.778. The van der Waals surface area contributed by atoms with Crippen molar-refractivity contribution in [2.24, 2.45) is 0 Å². The van der Waals surface area contributed by atoms with Gasteiger partial charge >= 0.3 is 0 Å². The molecule has 17 heavy (non-hydrogen) atoms. The molecule has 1 N–H and O–H groups in total. The summed E-state index contributed by atoms with van der Waals surface area (Å²) in [5.41, 5.74) is 1.16. The summed E-state index contributed by atoms with van der Waals surface area (Å²) in [6, 6.07) is 6.83. The first-order valence-corrected chi connectivity index (χ1v) is 5.56. The molecule has 0 spiro atoms. The third-order valence-corrected chi connectivity index (χ3v) is 2.42. The number of phenols is 1. The summed E-state index contributed by atoms with van der Waals surface area (Å²) in [5, 5.41) is 18.3. The molecule has 0 aliphatic rings. The predicted octanol–water partition coefficient (Wildman–Crippen LogP) is 2.08. The highest BCUT2D eigenvalue weighted by atomic mass is 16.3. The zero-order valence-electron chi connectivity index (χ0n) is 10.1. The van der Waals surface area contributed by atoms with Crippen molar-refractivity contribution in [1.29, 1.82) is 5.26 Å². The first-order valence-electron chi connectivity index (χ1n) is 5.56. The Morgan fingerprint density at radius 3 is 2.82 bits per heavy atom. The van der Waals surface area contributed by atoms with E-state index in [0.29, 0.717) is 6.54 Å². The molecule has 0 radical (unpaired) electrons. The van der Waals surface area contributed by atoms with Gasteiger partial charge in [-0.3, -0.25) is 4.79 Å². The number of nitrogens with zero attached hydrogens (tertiary/aromatic N) is 2. The molecule has 0 fully saturated rings. The quantitative estimate of drug-likeness (QED) is 0.808. The molecule has 0 bridgehead atoms. The molecule has 1 aromatic rings. The van der Waals surface area contributed by atoms with Crippen molar-refractivity contribution in [1.82, 2.24) is 4.90 Å². The predicted molar refractivity (Wildman–Crippen MR) is 64.7 cm³/mol. The van der Waals surface area contributed by atoms with Crippen molar-refractivity contribution in [2.45, 2.75) is 20.3 Å². The second-order valence-corrected chi connectivity index (χ2v) is 3.91. The Hall–Kier alpha value is -2.02. The number of carbonyl (C=O) groups is 1. The zero-order valence-corrected chi connectivity index (χ0v) is 10.1. The van der Waals surface area contributed by atoms with E-state index in [1.807, 2.05) is 19.9 Å². The van der Waals surface area contributed by atoms with E-state index < -0.39 is 0 Å². The molecule has 0 saturated heterocycles. The van der Waals surface area contributed by atoms with Crippen LogP contribution in [0.15, 0.2) is 18.2 Å². The van der Waals surface area contributed by atoms with Crippen LogP contribution >= 0.6 is 0 Å². The van der Waals surface area contributed by atoms with Crippen LogP contribution in [0, 0.1) is 18.3 Å². The van der Waals surface area contributed by atoms with Gasteiger partial charge in [0.2, 0.25) is 0 Å². The molecular formula is C13H16N2O2. The summed E-state index contributed by atoms with van der Waals surface area (Å²) in [6.45, 7) is 4.35. The van der Waals surface area contributed by atoms with E-state index in [2.05, 4.69) is 0 Å². The van der Waals surface area contributed by atoms with Crippen molar-refractivity contribution >= 4 is 5.91 Å². The number of aromatic hydroxyl groups is 1. The van der Waals surface area contributed by atoms with Gasteiger partial charge in [-0.25, -0.2) is 0 Å². The fourth-order valence-corrected chi connectivity index (χ4v) is 1.60. The Labute approximate surface area is 101 Å². The maximum atomic E-state index is 12.1. The number of amides is 1. The van der Waals surface area contributed by atoms with Crippen LogP contribution in [0.3, 0.4) is 0 Å². The fraction of sp³-hybridized carbons (Fsp3) is 0.385. The number of hydrogen-bond acceptors (Lipinski definition) is 3. The summed E-state index contributed by atoms with van der Waals surface area (Å²) < 4.78 is 0. The van der Waals surface area contributed by atoms with Crippen LogP contribution in [0.4, 0.5) is 0 Å². The number of nitriles is 1. The Bertz CT molecular complexity index is 449. The lowest BCUT2D eigenvalue weighted by atomic mass is 10.1. The van der Waals surface area contributed by atoms with E-state index in [9.17, 15) is 9.90 Å². The van der Waals surface area contributed by atoms with Crippen molar-refractivity contribution in [2.75, 3.05) is 13.1 Å². The van der Waals surface area contributed by atoms with Crippen molar-refractivity contribution in [3.8, 4) is 11.8 Å². The summed E-state index contributed by atoms with van der Waals surface area (Å²) in [4.78, 5) is 13.6. The minimum absolute atomic E-state index is 0.0417. The lowest BCUT2D eigenvalue weighted by Crippen LogP contribution is -2.32. The van der Waals surface area contributed by atoms with E-state index in [4.69, 9.17) is 5.26 Å². The monoisotopic (exact) mass is 232 g/mol. The molecule has 4 nitrogen and oxygen atoms in total. The zero-order chi connectivity index (χ0) is 12.8. The van der Waals surface area contributed by atoms with Crippen LogP contribution in [0.5, 0.6) is 5.75 Å². The van der Waals surface area contributed by atoms with Gasteiger partial charge < -0.3 is 10.0 Å². The van der Waals surface area contributed by atoms with E-state index in [1.54, 1.807) is 12.1 Å². The van der Waals surface area contributed by atoms with Crippen molar-refractivity contribution < 1.29 is 9.90 Å². The molecule has 0 unspecified atom stereocenters. The van der Waals surface area contributed by atoms with E-state index in [0.717, 1.165) is 12.0 Å². The number of hydrogen-bond donors (Lipinski definition) is 1. The fourth-order valence-electron chi connectivity index (χ4n) is 1.60. The number of phenolic OH excluding ortho intramolecular Hbond substituents is 1. The standard InChI is InChI=1S/C13H16N2O2/c1-3-7-15(8-6-14)13(17)11-9-10(2)4-5-12(11)16/h4-5,9,16H,3,7-8H2,1-2H3. The average molecular weight is 232 g/mol. The van der Waals surface area contributed by atoms with Gasteiger partial charge in [0.05, 0.1) is 11.6 Å². The normalized spacial score (nSPS) is 9.71. The lowest BCUT2D eigenvalue weighted by molar-refractivity contribution is 0.0773. The first-order chi connectivity index (χ1) is 8.10. The third-order valence-electron chi connectivity index (χ3n) is 2.42. The highest BCUT2D eigenvalue weighted by Crippen LogP contribution is 2.20. The maximum Gasteiger partial charge on any atom is 0.258 e. The molecule has 0 aliphatic carbocycles. The van der Waals surface area contributed by atoms with E-state index in [-0.39, 0.29) is 23.8 Å². The largest absolute Gasteiger partial charge is 0.507 e. The van der Waals surface area contributed by atoms with Crippen molar-refractivity contribution in [3.05, 3.63) is 29.3 Å². The van der Waals surface area contributed by atoms with Crippen LogP contribution in [0.1, 0.15) is 29.3 Å². The Balaban J connectivity index is 3.00. The van der Waals surface area contributed by atoms with Gasteiger partial charge in [0, 0.05) is 6.54 Å². The number of carbonyl (C=O) groups excluding carboxylic acids is 1. The van der Waals surface area contributed by atoms with Crippen LogP contribution in [0.2, 0.25) is 0 Å². The van der Waals surface area contributed by atoms with Gasteiger partial charge in [-0.2, -0.15) is 5.26 Å². The molecule has 1 aromatic carbocycles. The van der Waals surface area contributed by atoms with Crippen LogP contribution in [0.25, 0.3) is 0 Å². The van der Waals surface area contributed by atoms with Gasteiger partial charge in [0.25, 0.3) is 5.91 Å². The number of aryl methyl sites for hydroxylation is 1. The highest BCUT2D eigenvalue weighted by Gasteiger charge is 2.18. The van der Waals surface area contributed by atoms with Crippen LogP contribution in [-0.2, 0) is 0 Å². The van der Waals surface area contributed by atoms with Crippen LogP contribution < -0.4 is 0 Å². The molecule has 0 saturated carbocycles. The molecule has 90 valence electrons. The smallest absolute Gasteiger partial charge is 0.258 e. The topological polar surface area (TPSA) is 64.3 Å². The molecular weight excluding hydrogens is 216 g/mol. The molecule has 0 aliphatic heterocycles. The second kappa shape index (κ2) is 5.90. The van der Waals surface area contributed by atoms with Gasteiger partial charge in [-0.1, -0.05) is 18.6 Å². The Morgan fingerprint density at radius 2 is 2.24 bits per heavy atom. The molecule has 0 heterocycles. The first kappa shape index (κ1) is 13.0. The van der Waals surface area contributed by atoms with Gasteiger partial charge in [0.1, 0.15) is 12.3 Å². The third kappa shape index (κ3) is 3.22. The van der Waals surface area contributed by atoms with Gasteiger partial charge in [-0.15, -0.1) is 0 Å². The molecule has 1 rings (SSSR count). The minimum Gasteiger partial charge on any atom is -0.507 e. The molecule has 0 aromatic heterocycles. The lowest BCUT2D eigenvalue weighted by Gasteiger charge is -2.19. The summed E-state index contributed by atoms with van der Waals surface area (Å²) in [5.74, 6) is -0.339. The SMILES string of the molecule is CCCN(CC#N)C(=O)c1cc(C)ccc1O. The molecule has 4 heteroatoms. The Kier molecular flexibility index (Phi) is 4.53. The van der Waals surface area contributed by atoms with E-state index >= 15 is 0 Å². The van der Waals surface area contributed by atoms with Gasteiger partial charge in [0.15, 0.2) is 0 Å². The molecule has 0 atom stereocenters. The minimum atomic E-state index is -0.297. The number of benzene rings is 1. The van der Waals surface area contributed by atoms with E-state index in [1.165, 1.54) is 11.0 Å². The maximum absolute atomic E-state index is 12.1. The summed E-state index contributed by atoms with van der Waals surface area (Å²) in [7, 11) is 0. The number of rotatable bonds is 4. The molecule has 1 amide bonds. The Morgan fingerprint density at radius 1 is 1.53 bits per heavy atom. The van der Waals surface area contributed by atoms with Crippen molar-refractivity contribution in [3.63, 3.8) is 0 Å². The second-order valence-electron chi connectivity index (χ2n) is 3.91. The van der Waals surface area contributed by atoms with Gasteiger partial charge in [-0.05, 0) is 25.5 Å². The average Bonchev–Trinajstić information content (AvgIpc) is 2.31. The highest BCUT2D eigenvalue weighted by molar-refractivity contribution is 5.97. The summed E-state index contributed by atoms with van der Waals surface area (Å²) >= 11 is 0.